The predicted octanol–water partition coefficient (Wildman–Crippen LogP) is 2.62. The van der Waals surface area contributed by atoms with Crippen molar-refractivity contribution in [2.24, 2.45) is 0 Å². The molecule has 100 valence electrons. The number of aromatic nitrogens is 1. The minimum Gasteiger partial charge on any atom is -0.333 e. The molecule has 0 saturated carbocycles. The van der Waals surface area contributed by atoms with Crippen molar-refractivity contribution < 1.29 is 4.79 Å². The van der Waals surface area contributed by atoms with Crippen LogP contribution in [0.2, 0.25) is 0 Å². The van der Waals surface area contributed by atoms with Gasteiger partial charge in [-0.1, -0.05) is 30.3 Å². The van der Waals surface area contributed by atoms with Gasteiger partial charge in [0, 0.05) is 19.3 Å². The van der Waals surface area contributed by atoms with Crippen LogP contribution < -0.4 is 0 Å². The molecule has 0 N–H and O–H groups in total. The molecule has 0 aliphatic rings. The van der Waals surface area contributed by atoms with Gasteiger partial charge in [-0.05, 0) is 24.6 Å². The van der Waals surface area contributed by atoms with Crippen molar-refractivity contribution in [3.8, 4) is 6.07 Å². The molecular weight excluding hydrogens is 250 g/mol. The van der Waals surface area contributed by atoms with E-state index in [4.69, 9.17) is 5.26 Å². The third-order valence-electron chi connectivity index (χ3n) is 2.99. The molecule has 0 atom stereocenters. The molecule has 0 unspecified atom stereocenters. The number of hydrogen-bond acceptors (Lipinski definition) is 3. The predicted molar refractivity (Wildman–Crippen MR) is 75.8 cm³/mol. The van der Waals surface area contributed by atoms with E-state index in [0.717, 1.165) is 5.56 Å². The summed E-state index contributed by atoms with van der Waals surface area (Å²) in [7, 11) is 0. The van der Waals surface area contributed by atoms with Gasteiger partial charge >= 0.3 is 0 Å². The van der Waals surface area contributed by atoms with Gasteiger partial charge in [0.15, 0.2) is 0 Å². The summed E-state index contributed by atoms with van der Waals surface area (Å²) in [5.74, 6) is -0.159. The number of hydrogen-bond donors (Lipinski definition) is 0. The maximum absolute atomic E-state index is 12.4. The number of nitriles is 1. The van der Waals surface area contributed by atoms with Crippen molar-refractivity contribution in [3.63, 3.8) is 0 Å². The topological polar surface area (TPSA) is 57.0 Å². The second-order valence-corrected chi connectivity index (χ2v) is 4.35. The van der Waals surface area contributed by atoms with Crippen LogP contribution in [0.4, 0.5) is 0 Å². The molecular formula is C16H15N3O. The zero-order chi connectivity index (χ0) is 14.4. The molecule has 1 aromatic heterocycles. The Balaban J connectivity index is 2.19. The van der Waals surface area contributed by atoms with Crippen LogP contribution in [-0.4, -0.2) is 22.3 Å². The number of carbonyl (C=O) groups is 1. The first-order valence-electron chi connectivity index (χ1n) is 6.44. The monoisotopic (exact) mass is 265 g/mol. The number of carbonyl (C=O) groups excluding carboxylic acids is 1. The molecule has 0 aliphatic heterocycles. The maximum Gasteiger partial charge on any atom is 0.272 e. The van der Waals surface area contributed by atoms with Crippen molar-refractivity contribution in [2.75, 3.05) is 6.54 Å². The van der Waals surface area contributed by atoms with Crippen molar-refractivity contribution >= 4 is 5.91 Å². The molecule has 0 radical (unpaired) electrons. The van der Waals surface area contributed by atoms with Crippen LogP contribution in [0, 0.1) is 11.3 Å². The lowest BCUT2D eigenvalue weighted by Crippen LogP contribution is -2.31. The Morgan fingerprint density at radius 3 is 2.70 bits per heavy atom. The fraction of sp³-hybridized carbons (Fsp3) is 0.188. The van der Waals surface area contributed by atoms with Gasteiger partial charge in [0.2, 0.25) is 0 Å². The summed E-state index contributed by atoms with van der Waals surface area (Å²) in [5, 5.41) is 8.87. The summed E-state index contributed by atoms with van der Waals surface area (Å²) in [5.41, 5.74) is 1.82. The highest BCUT2D eigenvalue weighted by molar-refractivity contribution is 5.92. The van der Waals surface area contributed by atoms with Gasteiger partial charge in [-0.3, -0.25) is 9.78 Å². The first kappa shape index (κ1) is 13.8. The second kappa shape index (κ2) is 6.48. The van der Waals surface area contributed by atoms with Gasteiger partial charge < -0.3 is 4.90 Å². The minimum absolute atomic E-state index is 0.159. The summed E-state index contributed by atoms with van der Waals surface area (Å²) in [6.45, 7) is 3.05. The molecule has 0 bridgehead atoms. The van der Waals surface area contributed by atoms with E-state index in [1.807, 2.05) is 43.3 Å². The smallest absolute Gasteiger partial charge is 0.272 e. The Bertz CT molecular complexity index is 632. The van der Waals surface area contributed by atoms with Gasteiger partial charge in [-0.15, -0.1) is 0 Å². The third-order valence-corrected chi connectivity index (χ3v) is 2.99. The number of nitrogens with zero attached hydrogens (tertiary/aromatic N) is 3. The molecule has 1 aromatic carbocycles. The normalized spacial score (nSPS) is 9.80. The molecule has 4 nitrogen and oxygen atoms in total. The number of pyridine rings is 1. The van der Waals surface area contributed by atoms with Crippen molar-refractivity contribution in [1.82, 2.24) is 9.88 Å². The van der Waals surface area contributed by atoms with Gasteiger partial charge in [0.05, 0.1) is 11.6 Å². The van der Waals surface area contributed by atoms with E-state index in [9.17, 15) is 4.79 Å². The first-order valence-corrected chi connectivity index (χ1v) is 6.44. The summed E-state index contributed by atoms with van der Waals surface area (Å²) >= 11 is 0. The Hall–Kier alpha value is -2.67. The third kappa shape index (κ3) is 3.21. The Morgan fingerprint density at radius 1 is 1.30 bits per heavy atom. The average Bonchev–Trinajstić information content (AvgIpc) is 2.53. The zero-order valence-electron chi connectivity index (χ0n) is 11.3. The molecule has 1 amide bonds. The van der Waals surface area contributed by atoms with Gasteiger partial charge in [0.25, 0.3) is 5.91 Å². The summed E-state index contributed by atoms with van der Waals surface area (Å²) in [4.78, 5) is 18.2. The summed E-state index contributed by atoms with van der Waals surface area (Å²) < 4.78 is 0. The molecule has 2 rings (SSSR count). The maximum atomic E-state index is 12.4. The van der Waals surface area contributed by atoms with Crippen LogP contribution in [0.25, 0.3) is 0 Å². The van der Waals surface area contributed by atoms with Crippen molar-refractivity contribution in [2.45, 2.75) is 13.5 Å². The Kier molecular flexibility index (Phi) is 4.46. The van der Waals surface area contributed by atoms with Gasteiger partial charge in [-0.25, -0.2) is 0 Å². The SMILES string of the molecule is CCN(Cc1ccccc1)C(=O)c1cc(C#N)ccn1. The van der Waals surface area contributed by atoms with Crippen LogP contribution >= 0.6 is 0 Å². The molecule has 4 heteroatoms. The molecule has 1 heterocycles. The lowest BCUT2D eigenvalue weighted by molar-refractivity contribution is 0.0746. The number of amides is 1. The molecule has 0 aliphatic carbocycles. The van der Waals surface area contributed by atoms with E-state index in [1.54, 1.807) is 11.0 Å². The van der Waals surface area contributed by atoms with Gasteiger partial charge in [0.1, 0.15) is 5.69 Å². The first-order chi connectivity index (χ1) is 9.74. The van der Waals surface area contributed by atoms with E-state index in [1.165, 1.54) is 12.3 Å². The van der Waals surface area contributed by atoms with Crippen LogP contribution in [0.1, 0.15) is 28.5 Å². The number of rotatable bonds is 4. The Morgan fingerprint density at radius 2 is 2.05 bits per heavy atom. The summed E-state index contributed by atoms with van der Waals surface area (Å²) in [6, 6.07) is 14.9. The largest absolute Gasteiger partial charge is 0.333 e. The fourth-order valence-corrected chi connectivity index (χ4v) is 1.91. The number of benzene rings is 1. The molecule has 0 saturated heterocycles. The summed E-state index contributed by atoms with van der Waals surface area (Å²) in [6.07, 6.45) is 1.49. The van der Waals surface area contributed by atoms with Crippen LogP contribution in [0.5, 0.6) is 0 Å². The van der Waals surface area contributed by atoms with E-state index >= 15 is 0 Å². The lowest BCUT2D eigenvalue weighted by atomic mass is 10.2. The van der Waals surface area contributed by atoms with Crippen LogP contribution in [0.3, 0.4) is 0 Å². The quantitative estimate of drug-likeness (QED) is 0.853. The van der Waals surface area contributed by atoms with E-state index < -0.39 is 0 Å². The van der Waals surface area contributed by atoms with E-state index in [2.05, 4.69) is 4.98 Å². The van der Waals surface area contributed by atoms with E-state index in [0.29, 0.717) is 24.3 Å². The van der Waals surface area contributed by atoms with Crippen LogP contribution in [-0.2, 0) is 6.54 Å². The van der Waals surface area contributed by atoms with Crippen molar-refractivity contribution in [3.05, 3.63) is 65.5 Å². The molecule has 2 aromatic rings. The fourth-order valence-electron chi connectivity index (χ4n) is 1.91. The molecule has 0 spiro atoms. The second-order valence-electron chi connectivity index (χ2n) is 4.35. The van der Waals surface area contributed by atoms with Crippen LogP contribution in [0.15, 0.2) is 48.7 Å². The van der Waals surface area contributed by atoms with Gasteiger partial charge in [-0.2, -0.15) is 5.26 Å². The standard InChI is InChI=1S/C16H15N3O/c1-2-19(12-13-6-4-3-5-7-13)16(20)15-10-14(11-17)8-9-18-15/h3-10H,2,12H2,1H3. The Labute approximate surface area is 118 Å². The average molecular weight is 265 g/mol. The van der Waals surface area contributed by atoms with Crippen molar-refractivity contribution in [1.29, 1.82) is 5.26 Å². The lowest BCUT2D eigenvalue weighted by Gasteiger charge is -2.20. The highest BCUT2D eigenvalue weighted by Crippen LogP contribution is 2.09. The zero-order valence-corrected chi connectivity index (χ0v) is 11.3. The highest BCUT2D eigenvalue weighted by Gasteiger charge is 2.16. The molecule has 20 heavy (non-hydrogen) atoms. The minimum atomic E-state index is -0.159. The highest BCUT2D eigenvalue weighted by atomic mass is 16.2. The molecule has 0 fully saturated rings. The van der Waals surface area contributed by atoms with E-state index in [-0.39, 0.29) is 5.91 Å².